The van der Waals surface area contributed by atoms with Crippen molar-refractivity contribution in [2.45, 2.75) is 132 Å². The lowest BCUT2D eigenvalue weighted by Gasteiger charge is -2.40. The Labute approximate surface area is 231 Å². The van der Waals surface area contributed by atoms with Crippen LogP contribution in [0.5, 0.6) is 0 Å². The molecule has 3 amide bonds. The number of rotatable bonds is 11. The number of carbonyl (C=O) groups is 3. The van der Waals surface area contributed by atoms with E-state index in [1.165, 1.54) is 0 Å². The average Bonchev–Trinajstić information content (AvgIpc) is 2.72. The van der Waals surface area contributed by atoms with Gasteiger partial charge in [0.05, 0.1) is 0 Å². The Morgan fingerprint density at radius 2 is 1.42 bits per heavy atom. The highest BCUT2D eigenvalue weighted by atomic mass is 16.6. The number of aryl methyl sites for hydroxylation is 1. The van der Waals surface area contributed by atoms with Gasteiger partial charge in [0.2, 0.25) is 11.8 Å². The molecule has 0 aliphatic rings. The molecule has 0 radical (unpaired) electrons. The molecule has 3 atom stereocenters. The van der Waals surface area contributed by atoms with Crippen LogP contribution < -0.4 is 10.6 Å². The summed E-state index contributed by atoms with van der Waals surface area (Å²) in [5.41, 5.74) is 0.625. The molecule has 1 rings (SSSR count). The maximum Gasteiger partial charge on any atom is 0.408 e. The fourth-order valence-electron chi connectivity index (χ4n) is 4.26. The van der Waals surface area contributed by atoms with Gasteiger partial charge in [-0.25, -0.2) is 4.79 Å². The molecule has 0 bridgehead atoms. The fourth-order valence-corrected chi connectivity index (χ4v) is 4.26. The third-order valence-corrected chi connectivity index (χ3v) is 6.01. The Balaban J connectivity index is 3.64. The lowest BCUT2D eigenvalue weighted by molar-refractivity contribution is -0.146. The number of hydrogen-bond acceptors (Lipinski definition) is 4. The highest BCUT2D eigenvalue weighted by Gasteiger charge is 2.39. The first kappa shape index (κ1) is 33.5. The Hall–Kier alpha value is -2.57. The van der Waals surface area contributed by atoms with Crippen molar-refractivity contribution in [1.82, 2.24) is 15.5 Å². The number of amides is 3. The zero-order valence-electron chi connectivity index (χ0n) is 25.9. The molecule has 38 heavy (non-hydrogen) atoms. The Morgan fingerprint density at radius 1 is 0.868 bits per heavy atom. The van der Waals surface area contributed by atoms with Crippen LogP contribution >= 0.6 is 0 Å². The second-order valence-corrected chi connectivity index (χ2v) is 13.4. The first-order chi connectivity index (χ1) is 17.3. The van der Waals surface area contributed by atoms with Crippen LogP contribution in [0.3, 0.4) is 0 Å². The van der Waals surface area contributed by atoms with Crippen molar-refractivity contribution in [3.8, 4) is 0 Å². The second-order valence-electron chi connectivity index (χ2n) is 13.4. The number of benzene rings is 1. The summed E-state index contributed by atoms with van der Waals surface area (Å²) in [6.07, 6.45) is 1.42. The summed E-state index contributed by atoms with van der Waals surface area (Å²) in [4.78, 5) is 42.7. The molecule has 0 aliphatic heterocycles. The fraction of sp³-hybridized carbons (Fsp3) is 0.710. The van der Waals surface area contributed by atoms with E-state index in [2.05, 4.69) is 24.5 Å². The normalized spacial score (nSPS) is 14.6. The van der Waals surface area contributed by atoms with E-state index in [1.54, 1.807) is 25.7 Å². The molecule has 0 aliphatic carbocycles. The Morgan fingerprint density at radius 3 is 1.87 bits per heavy atom. The molecule has 0 spiro atoms. The summed E-state index contributed by atoms with van der Waals surface area (Å²) in [6.45, 7) is 23.4. The van der Waals surface area contributed by atoms with Crippen molar-refractivity contribution < 1.29 is 19.1 Å². The van der Waals surface area contributed by atoms with Crippen LogP contribution in [0.25, 0.3) is 0 Å². The predicted octanol–water partition coefficient (Wildman–Crippen LogP) is 6.54. The van der Waals surface area contributed by atoms with Crippen LogP contribution in [0.15, 0.2) is 24.3 Å². The van der Waals surface area contributed by atoms with Gasteiger partial charge in [-0.2, -0.15) is 0 Å². The van der Waals surface area contributed by atoms with Crippen molar-refractivity contribution >= 4 is 17.9 Å². The highest BCUT2D eigenvalue weighted by molar-refractivity contribution is 5.92. The molecule has 0 saturated carbocycles. The van der Waals surface area contributed by atoms with Gasteiger partial charge in [0.1, 0.15) is 17.7 Å². The first-order valence-electron chi connectivity index (χ1n) is 14.0. The van der Waals surface area contributed by atoms with Crippen LogP contribution in [-0.4, -0.2) is 46.0 Å². The number of hydrogen-bond donors (Lipinski definition) is 2. The number of ether oxygens (including phenoxy) is 1. The van der Waals surface area contributed by atoms with Crippen LogP contribution in [0.2, 0.25) is 0 Å². The quantitative estimate of drug-likeness (QED) is 0.339. The molecule has 0 saturated heterocycles. The summed E-state index contributed by atoms with van der Waals surface area (Å²) in [5.74, 6) is 0.0528. The second kappa shape index (κ2) is 14.0. The van der Waals surface area contributed by atoms with Crippen LogP contribution in [0.1, 0.15) is 113 Å². The van der Waals surface area contributed by atoms with E-state index in [9.17, 15) is 14.4 Å². The summed E-state index contributed by atoms with van der Waals surface area (Å²) < 4.78 is 5.49. The van der Waals surface area contributed by atoms with Gasteiger partial charge in [0, 0.05) is 11.6 Å². The molecule has 1 aromatic carbocycles. The molecule has 1 aromatic rings. The number of carbonyl (C=O) groups excluding carboxylic acids is 3. The van der Waals surface area contributed by atoms with E-state index in [1.807, 2.05) is 72.7 Å². The van der Waals surface area contributed by atoms with Gasteiger partial charge in [-0.1, -0.05) is 57.5 Å². The minimum Gasteiger partial charge on any atom is -0.444 e. The Kier molecular flexibility index (Phi) is 12.3. The molecule has 7 heteroatoms. The molecule has 2 N–H and O–H groups in total. The molecule has 0 heterocycles. The van der Waals surface area contributed by atoms with E-state index in [4.69, 9.17) is 4.74 Å². The van der Waals surface area contributed by atoms with E-state index < -0.39 is 29.3 Å². The van der Waals surface area contributed by atoms with E-state index in [0.717, 1.165) is 24.0 Å². The molecule has 0 fully saturated rings. The van der Waals surface area contributed by atoms with E-state index in [-0.39, 0.29) is 23.8 Å². The number of nitrogens with zero attached hydrogens (tertiary/aromatic N) is 1. The Bertz CT molecular complexity index is 911. The van der Waals surface area contributed by atoms with Crippen molar-refractivity contribution in [3.05, 3.63) is 35.4 Å². The molecule has 3 unspecified atom stereocenters. The highest BCUT2D eigenvalue weighted by Crippen LogP contribution is 2.29. The lowest BCUT2D eigenvalue weighted by Crippen LogP contribution is -2.57. The molecule has 7 nitrogen and oxygen atoms in total. The lowest BCUT2D eigenvalue weighted by atomic mass is 9.94. The van der Waals surface area contributed by atoms with Gasteiger partial charge in [-0.15, -0.1) is 0 Å². The summed E-state index contributed by atoms with van der Waals surface area (Å²) in [6, 6.07) is 5.82. The largest absolute Gasteiger partial charge is 0.444 e. The smallest absolute Gasteiger partial charge is 0.408 e. The minimum atomic E-state index is -0.848. The van der Waals surface area contributed by atoms with Crippen molar-refractivity contribution in [2.24, 2.45) is 11.8 Å². The van der Waals surface area contributed by atoms with Crippen molar-refractivity contribution in [1.29, 1.82) is 0 Å². The zero-order chi connectivity index (χ0) is 29.4. The van der Waals surface area contributed by atoms with Gasteiger partial charge in [0.25, 0.3) is 0 Å². The number of alkyl carbamates (subject to hydrolysis) is 1. The van der Waals surface area contributed by atoms with Crippen molar-refractivity contribution in [2.75, 3.05) is 0 Å². The SMILES string of the molecule is Cc1ccc(C(C(=O)NC(C)(C)C)N(C(=O)C(CC(C)C)NC(=O)OC(C)(C)C)C(C)CCC(C)C)cc1. The van der Waals surface area contributed by atoms with Crippen LogP contribution in [0.4, 0.5) is 4.79 Å². The minimum absolute atomic E-state index is 0.132. The maximum absolute atomic E-state index is 14.4. The zero-order valence-corrected chi connectivity index (χ0v) is 25.9. The summed E-state index contributed by atoms with van der Waals surface area (Å²) in [5, 5.41) is 5.92. The third kappa shape index (κ3) is 11.9. The van der Waals surface area contributed by atoms with Gasteiger partial charge < -0.3 is 20.3 Å². The molecular weight excluding hydrogens is 478 g/mol. The van der Waals surface area contributed by atoms with Gasteiger partial charge in [-0.05, 0) is 92.1 Å². The van der Waals surface area contributed by atoms with Crippen molar-refractivity contribution in [3.63, 3.8) is 0 Å². The molecular formula is C31H53N3O4. The third-order valence-electron chi connectivity index (χ3n) is 6.01. The summed E-state index contributed by atoms with van der Waals surface area (Å²) >= 11 is 0. The van der Waals surface area contributed by atoms with Crippen LogP contribution in [0, 0.1) is 18.8 Å². The molecule has 0 aromatic heterocycles. The number of nitrogens with one attached hydrogen (secondary N) is 2. The average molecular weight is 532 g/mol. The summed E-state index contributed by atoms with van der Waals surface area (Å²) in [7, 11) is 0. The maximum atomic E-state index is 14.4. The van der Waals surface area contributed by atoms with Gasteiger partial charge >= 0.3 is 6.09 Å². The van der Waals surface area contributed by atoms with E-state index >= 15 is 0 Å². The first-order valence-corrected chi connectivity index (χ1v) is 14.0. The van der Waals surface area contributed by atoms with E-state index in [0.29, 0.717) is 12.3 Å². The van der Waals surface area contributed by atoms with Gasteiger partial charge in [0.15, 0.2) is 0 Å². The topological polar surface area (TPSA) is 87.7 Å². The predicted molar refractivity (Wildman–Crippen MR) is 155 cm³/mol. The standard InChI is InChI=1S/C31H53N3O4/c1-20(2)13-16-23(6)34(28(36)25(19-21(3)4)32-29(37)38-31(10,11)12)26(27(35)33-30(7,8)9)24-17-14-22(5)15-18-24/h14-15,17-18,20-21,23,25-26H,13,16,19H2,1-12H3,(H,32,37)(H,33,35). The van der Waals surface area contributed by atoms with Crippen LogP contribution in [-0.2, 0) is 14.3 Å². The molecule has 216 valence electrons. The monoisotopic (exact) mass is 531 g/mol. The van der Waals surface area contributed by atoms with Gasteiger partial charge in [-0.3, -0.25) is 9.59 Å².